The Kier molecular flexibility index (Phi) is 8.26. The maximum atomic E-state index is 13.3. The molecule has 0 aliphatic rings. The Balaban J connectivity index is 1.77. The summed E-state index contributed by atoms with van der Waals surface area (Å²) < 4.78 is 38.5. The van der Waals surface area contributed by atoms with Crippen molar-refractivity contribution in [2.24, 2.45) is 5.10 Å². The molecule has 9 heteroatoms. The van der Waals surface area contributed by atoms with Crippen molar-refractivity contribution < 1.29 is 22.7 Å². The number of carbonyl (C=O) groups excluding carboxylic acids is 1. The van der Waals surface area contributed by atoms with Crippen molar-refractivity contribution >= 4 is 27.8 Å². The highest BCUT2D eigenvalue weighted by atomic mass is 32.2. The third-order valence-electron chi connectivity index (χ3n) is 4.61. The van der Waals surface area contributed by atoms with Crippen LogP contribution in [0.25, 0.3) is 0 Å². The average molecular weight is 482 g/mol. The van der Waals surface area contributed by atoms with Gasteiger partial charge in [0.15, 0.2) is 0 Å². The molecule has 3 rings (SSSR count). The fourth-order valence-electron chi connectivity index (χ4n) is 3.05. The summed E-state index contributed by atoms with van der Waals surface area (Å²) in [5, 5.41) is 3.96. The standard InChI is InChI=1S/C25H27N3O5S/c1-19(2)33-22-14-12-20(13-15-22)17-26-27-25(29)18-28(21-8-7-9-23(16-21)32-3)34(30,31)24-10-5-4-6-11-24/h4-17,19H,18H2,1-3H3,(H,27,29)/b26-17-. The Bertz CT molecular complexity index is 1230. The molecule has 34 heavy (non-hydrogen) atoms. The molecule has 0 unspecified atom stereocenters. The van der Waals surface area contributed by atoms with Gasteiger partial charge in [-0.2, -0.15) is 5.10 Å². The van der Waals surface area contributed by atoms with Crippen LogP contribution in [0, 0.1) is 0 Å². The predicted octanol–water partition coefficient (Wildman–Crippen LogP) is 3.83. The smallest absolute Gasteiger partial charge is 0.264 e. The lowest BCUT2D eigenvalue weighted by Crippen LogP contribution is -2.39. The van der Waals surface area contributed by atoms with Gasteiger partial charge in [0.25, 0.3) is 15.9 Å². The molecule has 1 N–H and O–H groups in total. The molecule has 0 aliphatic carbocycles. The molecule has 1 amide bonds. The lowest BCUT2D eigenvalue weighted by Gasteiger charge is -2.24. The van der Waals surface area contributed by atoms with Crippen molar-refractivity contribution in [1.82, 2.24) is 5.43 Å². The van der Waals surface area contributed by atoms with Gasteiger partial charge in [0.1, 0.15) is 18.0 Å². The Hall–Kier alpha value is -3.85. The van der Waals surface area contributed by atoms with E-state index in [0.29, 0.717) is 11.4 Å². The number of benzene rings is 3. The highest BCUT2D eigenvalue weighted by Crippen LogP contribution is 2.26. The minimum absolute atomic E-state index is 0.0674. The van der Waals surface area contributed by atoms with Gasteiger partial charge in [-0.05, 0) is 67.9 Å². The molecule has 8 nitrogen and oxygen atoms in total. The van der Waals surface area contributed by atoms with Crippen molar-refractivity contribution in [3.05, 3.63) is 84.4 Å². The van der Waals surface area contributed by atoms with Gasteiger partial charge in [-0.15, -0.1) is 0 Å². The lowest BCUT2D eigenvalue weighted by atomic mass is 10.2. The number of hydrogen-bond donors (Lipinski definition) is 1. The van der Waals surface area contributed by atoms with Crippen molar-refractivity contribution in [2.45, 2.75) is 24.8 Å². The van der Waals surface area contributed by atoms with Crippen LogP contribution in [0.1, 0.15) is 19.4 Å². The number of hydrogen-bond acceptors (Lipinski definition) is 6. The van der Waals surface area contributed by atoms with Crippen LogP contribution in [0.5, 0.6) is 11.5 Å². The quantitative estimate of drug-likeness (QED) is 0.351. The third-order valence-corrected chi connectivity index (χ3v) is 6.40. The second-order valence-corrected chi connectivity index (χ2v) is 9.42. The maximum Gasteiger partial charge on any atom is 0.264 e. The van der Waals surface area contributed by atoms with Crippen molar-refractivity contribution in [2.75, 3.05) is 18.0 Å². The highest BCUT2D eigenvalue weighted by molar-refractivity contribution is 7.92. The lowest BCUT2D eigenvalue weighted by molar-refractivity contribution is -0.119. The monoisotopic (exact) mass is 481 g/mol. The van der Waals surface area contributed by atoms with Gasteiger partial charge < -0.3 is 9.47 Å². The first-order chi connectivity index (χ1) is 16.3. The minimum atomic E-state index is -4.01. The van der Waals surface area contributed by atoms with Crippen LogP contribution in [0.15, 0.2) is 88.9 Å². The molecular weight excluding hydrogens is 454 g/mol. The number of hydrazone groups is 1. The number of sulfonamides is 1. The van der Waals surface area contributed by atoms with E-state index < -0.39 is 22.5 Å². The van der Waals surface area contributed by atoms with E-state index in [1.54, 1.807) is 66.7 Å². The van der Waals surface area contributed by atoms with E-state index in [2.05, 4.69) is 10.5 Å². The molecule has 0 aromatic heterocycles. The molecule has 0 radical (unpaired) electrons. The summed E-state index contributed by atoms with van der Waals surface area (Å²) in [6, 6.07) is 21.6. The Morgan fingerprint density at radius 2 is 1.71 bits per heavy atom. The molecule has 0 fully saturated rings. The first kappa shape index (κ1) is 24.8. The Labute approximate surface area is 199 Å². The van der Waals surface area contributed by atoms with Gasteiger partial charge in [-0.1, -0.05) is 24.3 Å². The molecule has 0 heterocycles. The number of amides is 1. The molecule has 0 saturated carbocycles. The van der Waals surface area contributed by atoms with Crippen LogP contribution >= 0.6 is 0 Å². The largest absolute Gasteiger partial charge is 0.497 e. The molecule has 0 saturated heterocycles. The van der Waals surface area contributed by atoms with Gasteiger partial charge in [-0.25, -0.2) is 13.8 Å². The van der Waals surface area contributed by atoms with Gasteiger partial charge in [-0.3, -0.25) is 9.10 Å². The number of anilines is 1. The van der Waals surface area contributed by atoms with E-state index in [9.17, 15) is 13.2 Å². The molecule has 0 bridgehead atoms. The molecule has 3 aromatic rings. The molecule has 0 atom stereocenters. The van der Waals surface area contributed by atoms with Crippen molar-refractivity contribution in [1.29, 1.82) is 0 Å². The molecular formula is C25H27N3O5S. The first-order valence-electron chi connectivity index (χ1n) is 10.6. The molecule has 0 aliphatic heterocycles. The van der Waals surface area contributed by atoms with Crippen LogP contribution in [0.3, 0.4) is 0 Å². The number of methoxy groups -OCH3 is 1. The van der Waals surface area contributed by atoms with Crippen LogP contribution in [0.2, 0.25) is 0 Å². The van der Waals surface area contributed by atoms with E-state index >= 15 is 0 Å². The van der Waals surface area contributed by atoms with Gasteiger partial charge in [0.05, 0.1) is 30.0 Å². The number of ether oxygens (including phenoxy) is 2. The minimum Gasteiger partial charge on any atom is -0.497 e. The molecule has 0 spiro atoms. The van der Waals surface area contributed by atoms with E-state index in [4.69, 9.17) is 9.47 Å². The summed E-state index contributed by atoms with van der Waals surface area (Å²) in [4.78, 5) is 12.7. The summed E-state index contributed by atoms with van der Waals surface area (Å²) in [6.45, 7) is 3.42. The zero-order valence-electron chi connectivity index (χ0n) is 19.2. The van der Waals surface area contributed by atoms with Crippen LogP contribution < -0.4 is 19.2 Å². The number of nitrogens with one attached hydrogen (secondary N) is 1. The summed E-state index contributed by atoms with van der Waals surface area (Å²) in [6.07, 6.45) is 1.54. The maximum absolute atomic E-state index is 13.3. The molecule has 178 valence electrons. The fourth-order valence-corrected chi connectivity index (χ4v) is 4.48. The summed E-state index contributed by atoms with van der Waals surface area (Å²) in [7, 11) is -2.53. The normalized spacial score (nSPS) is 11.4. The topological polar surface area (TPSA) is 97.3 Å². The average Bonchev–Trinajstić information content (AvgIpc) is 2.84. The summed E-state index contributed by atoms with van der Waals surface area (Å²) in [5.74, 6) is 0.601. The Morgan fingerprint density at radius 3 is 2.35 bits per heavy atom. The van der Waals surface area contributed by atoms with Crippen LogP contribution in [0.4, 0.5) is 5.69 Å². The van der Waals surface area contributed by atoms with Gasteiger partial charge >= 0.3 is 0 Å². The fraction of sp³-hybridized carbons (Fsp3) is 0.200. The third kappa shape index (κ3) is 6.58. The second-order valence-electron chi connectivity index (χ2n) is 7.56. The summed E-state index contributed by atoms with van der Waals surface area (Å²) >= 11 is 0. The van der Waals surface area contributed by atoms with Crippen molar-refractivity contribution in [3.8, 4) is 11.5 Å². The molecule has 3 aromatic carbocycles. The van der Waals surface area contributed by atoms with E-state index in [1.165, 1.54) is 25.5 Å². The second kappa shape index (κ2) is 11.3. The van der Waals surface area contributed by atoms with Gasteiger partial charge in [0.2, 0.25) is 0 Å². The van der Waals surface area contributed by atoms with Crippen LogP contribution in [-0.4, -0.2) is 40.3 Å². The van der Waals surface area contributed by atoms with Gasteiger partial charge in [0, 0.05) is 6.07 Å². The SMILES string of the molecule is COc1cccc(N(CC(=O)N/N=C\c2ccc(OC(C)C)cc2)S(=O)(=O)c2ccccc2)c1. The van der Waals surface area contributed by atoms with E-state index in [-0.39, 0.29) is 11.0 Å². The van der Waals surface area contributed by atoms with E-state index in [0.717, 1.165) is 15.6 Å². The zero-order valence-corrected chi connectivity index (χ0v) is 20.0. The zero-order chi connectivity index (χ0) is 24.6. The van der Waals surface area contributed by atoms with Crippen LogP contribution in [-0.2, 0) is 14.8 Å². The van der Waals surface area contributed by atoms with Crippen molar-refractivity contribution in [3.63, 3.8) is 0 Å². The number of carbonyl (C=O) groups is 1. The predicted molar refractivity (Wildman–Crippen MR) is 132 cm³/mol. The first-order valence-corrected chi connectivity index (χ1v) is 12.0. The Morgan fingerprint density at radius 1 is 1.00 bits per heavy atom. The van der Waals surface area contributed by atoms with E-state index in [1.807, 2.05) is 13.8 Å². The number of nitrogens with zero attached hydrogens (tertiary/aromatic N) is 2. The highest BCUT2D eigenvalue weighted by Gasteiger charge is 2.27. The number of rotatable bonds is 10. The summed E-state index contributed by atoms with van der Waals surface area (Å²) in [5.41, 5.74) is 3.43.